The van der Waals surface area contributed by atoms with Crippen molar-refractivity contribution in [1.82, 2.24) is 4.98 Å². The predicted molar refractivity (Wildman–Crippen MR) is 72.3 cm³/mol. The number of pyridine rings is 1. The van der Waals surface area contributed by atoms with E-state index in [1.807, 2.05) is 13.8 Å². The van der Waals surface area contributed by atoms with E-state index < -0.39 is 0 Å². The van der Waals surface area contributed by atoms with Crippen molar-refractivity contribution in [2.75, 3.05) is 18.9 Å². The Labute approximate surface area is 111 Å². The van der Waals surface area contributed by atoms with Crippen molar-refractivity contribution < 1.29 is 9.47 Å². The Kier molecular flexibility index (Phi) is 5.71. The lowest BCUT2D eigenvalue weighted by molar-refractivity contribution is 0.0567. The number of nitrogens with two attached hydrogens (primary N) is 1. The maximum atomic E-state index is 5.79. The maximum absolute atomic E-state index is 5.79. The maximum Gasteiger partial charge on any atom is 0.215 e. The molecule has 4 nitrogen and oxygen atoms in total. The molecule has 2 N–H and O–H groups in total. The first kappa shape index (κ1) is 14.3. The molecule has 0 radical (unpaired) electrons. The van der Waals surface area contributed by atoms with Gasteiger partial charge >= 0.3 is 0 Å². The molecule has 0 fully saturated rings. The first-order valence-electron chi connectivity index (χ1n) is 5.71. The van der Waals surface area contributed by atoms with Gasteiger partial charge in [-0.2, -0.15) is 0 Å². The van der Waals surface area contributed by atoms with Gasteiger partial charge < -0.3 is 15.2 Å². The van der Waals surface area contributed by atoms with E-state index >= 15 is 0 Å². The minimum absolute atomic E-state index is 0.0241. The molecule has 0 amide bonds. The van der Waals surface area contributed by atoms with Gasteiger partial charge in [-0.05, 0) is 36.2 Å². The standard InChI is InChI=1S/C12H19BrN2O2/c1-4-5-16-7-8(2)17-11-6-10(13)12(14)9(3)15-11/h6,8H,4-5,7,14H2,1-3H3. The van der Waals surface area contributed by atoms with E-state index in [-0.39, 0.29) is 6.10 Å². The highest BCUT2D eigenvalue weighted by molar-refractivity contribution is 9.10. The third-order valence-corrected chi connectivity index (χ3v) is 2.85. The van der Waals surface area contributed by atoms with Gasteiger partial charge in [0.05, 0.1) is 18.0 Å². The van der Waals surface area contributed by atoms with E-state index in [2.05, 4.69) is 27.8 Å². The molecule has 96 valence electrons. The number of hydrogen-bond donors (Lipinski definition) is 1. The zero-order chi connectivity index (χ0) is 12.8. The van der Waals surface area contributed by atoms with Crippen LogP contribution in [0.5, 0.6) is 5.88 Å². The highest BCUT2D eigenvalue weighted by atomic mass is 79.9. The van der Waals surface area contributed by atoms with Crippen LogP contribution < -0.4 is 10.5 Å². The molecule has 1 heterocycles. The monoisotopic (exact) mass is 302 g/mol. The van der Waals surface area contributed by atoms with Crippen LogP contribution in [0.25, 0.3) is 0 Å². The Morgan fingerprint density at radius 1 is 1.53 bits per heavy atom. The van der Waals surface area contributed by atoms with Crippen LogP contribution in [0.2, 0.25) is 0 Å². The Morgan fingerprint density at radius 3 is 2.82 bits per heavy atom. The zero-order valence-electron chi connectivity index (χ0n) is 10.5. The van der Waals surface area contributed by atoms with Crippen LogP contribution >= 0.6 is 15.9 Å². The number of aryl methyl sites for hydroxylation is 1. The summed E-state index contributed by atoms with van der Waals surface area (Å²) in [6, 6.07) is 1.78. The van der Waals surface area contributed by atoms with Gasteiger partial charge in [0.25, 0.3) is 0 Å². The van der Waals surface area contributed by atoms with E-state index in [0.29, 0.717) is 18.2 Å². The topological polar surface area (TPSA) is 57.4 Å². The molecule has 1 aromatic heterocycles. The largest absolute Gasteiger partial charge is 0.472 e. The van der Waals surface area contributed by atoms with Gasteiger partial charge in [0.15, 0.2) is 0 Å². The van der Waals surface area contributed by atoms with Crippen LogP contribution in [0.4, 0.5) is 5.69 Å². The van der Waals surface area contributed by atoms with Crippen molar-refractivity contribution in [3.05, 3.63) is 16.2 Å². The fourth-order valence-corrected chi connectivity index (χ4v) is 1.79. The molecule has 0 aliphatic carbocycles. The van der Waals surface area contributed by atoms with Gasteiger partial charge in [-0.3, -0.25) is 0 Å². The molecule has 1 aromatic rings. The number of anilines is 1. The van der Waals surface area contributed by atoms with Gasteiger partial charge in [0.2, 0.25) is 5.88 Å². The fourth-order valence-electron chi connectivity index (χ4n) is 1.31. The Bertz CT molecular complexity index is 349. The van der Waals surface area contributed by atoms with Crippen molar-refractivity contribution in [2.24, 2.45) is 0 Å². The lowest BCUT2D eigenvalue weighted by Crippen LogP contribution is -2.20. The summed E-state index contributed by atoms with van der Waals surface area (Å²) in [6.07, 6.45) is 0.987. The molecular weight excluding hydrogens is 284 g/mol. The summed E-state index contributed by atoms with van der Waals surface area (Å²) >= 11 is 3.37. The minimum Gasteiger partial charge on any atom is -0.472 e. The molecule has 5 heteroatoms. The van der Waals surface area contributed by atoms with Gasteiger partial charge in [-0.15, -0.1) is 0 Å². The fraction of sp³-hybridized carbons (Fsp3) is 0.583. The van der Waals surface area contributed by atoms with Crippen molar-refractivity contribution in [1.29, 1.82) is 0 Å². The lowest BCUT2D eigenvalue weighted by Gasteiger charge is -2.15. The van der Waals surface area contributed by atoms with Crippen LogP contribution in [-0.4, -0.2) is 24.3 Å². The van der Waals surface area contributed by atoms with E-state index in [0.717, 1.165) is 23.2 Å². The minimum atomic E-state index is -0.0241. The quantitative estimate of drug-likeness (QED) is 0.821. The number of nitrogens with zero attached hydrogens (tertiary/aromatic N) is 1. The molecule has 0 saturated carbocycles. The Morgan fingerprint density at radius 2 is 2.24 bits per heavy atom. The number of nitrogen functional groups attached to an aromatic ring is 1. The lowest BCUT2D eigenvalue weighted by atomic mass is 10.3. The summed E-state index contributed by atoms with van der Waals surface area (Å²) in [6.45, 7) is 7.21. The molecule has 0 aliphatic heterocycles. The van der Waals surface area contributed by atoms with Crippen molar-refractivity contribution in [3.8, 4) is 5.88 Å². The molecule has 0 bridgehead atoms. The predicted octanol–water partition coefficient (Wildman–Crippen LogP) is 2.93. The summed E-state index contributed by atoms with van der Waals surface area (Å²) < 4.78 is 11.9. The molecule has 0 aromatic carbocycles. The second-order valence-corrected chi connectivity index (χ2v) is 4.80. The van der Waals surface area contributed by atoms with Crippen LogP contribution in [0, 0.1) is 6.92 Å². The molecule has 1 unspecified atom stereocenters. The molecule has 17 heavy (non-hydrogen) atoms. The SMILES string of the molecule is CCCOCC(C)Oc1cc(Br)c(N)c(C)n1. The molecule has 0 spiro atoms. The second-order valence-electron chi connectivity index (χ2n) is 3.94. The third kappa shape index (κ3) is 4.52. The van der Waals surface area contributed by atoms with Gasteiger partial charge in [-0.1, -0.05) is 6.92 Å². The number of halogens is 1. The normalized spacial score (nSPS) is 12.5. The van der Waals surface area contributed by atoms with Crippen molar-refractivity contribution in [3.63, 3.8) is 0 Å². The smallest absolute Gasteiger partial charge is 0.215 e. The van der Waals surface area contributed by atoms with Crippen LogP contribution in [0.1, 0.15) is 26.0 Å². The van der Waals surface area contributed by atoms with Gasteiger partial charge in [0, 0.05) is 17.1 Å². The van der Waals surface area contributed by atoms with Crippen LogP contribution in [0.15, 0.2) is 10.5 Å². The van der Waals surface area contributed by atoms with E-state index in [1.54, 1.807) is 6.07 Å². The summed E-state index contributed by atoms with van der Waals surface area (Å²) in [7, 11) is 0. The third-order valence-electron chi connectivity index (χ3n) is 2.20. The second kappa shape index (κ2) is 6.81. The Hall–Kier alpha value is -0.810. The summed E-state index contributed by atoms with van der Waals surface area (Å²) in [5.41, 5.74) is 7.20. The van der Waals surface area contributed by atoms with E-state index in [9.17, 15) is 0 Å². The zero-order valence-corrected chi connectivity index (χ0v) is 12.1. The number of ether oxygens (including phenoxy) is 2. The summed E-state index contributed by atoms with van der Waals surface area (Å²) in [4.78, 5) is 4.27. The first-order valence-corrected chi connectivity index (χ1v) is 6.51. The Balaban J connectivity index is 2.56. The number of rotatable bonds is 6. The van der Waals surface area contributed by atoms with Crippen molar-refractivity contribution in [2.45, 2.75) is 33.3 Å². The number of hydrogen-bond acceptors (Lipinski definition) is 4. The highest BCUT2D eigenvalue weighted by Crippen LogP contribution is 2.26. The van der Waals surface area contributed by atoms with Crippen LogP contribution in [0.3, 0.4) is 0 Å². The van der Waals surface area contributed by atoms with E-state index in [1.165, 1.54) is 0 Å². The molecule has 0 saturated heterocycles. The van der Waals surface area contributed by atoms with Crippen molar-refractivity contribution >= 4 is 21.6 Å². The first-order chi connectivity index (χ1) is 8.04. The molecule has 0 aliphatic rings. The van der Waals surface area contributed by atoms with Crippen LogP contribution in [-0.2, 0) is 4.74 Å². The van der Waals surface area contributed by atoms with Gasteiger partial charge in [-0.25, -0.2) is 4.98 Å². The summed E-state index contributed by atoms with van der Waals surface area (Å²) in [5.74, 6) is 0.566. The van der Waals surface area contributed by atoms with Gasteiger partial charge in [0.1, 0.15) is 6.10 Å². The molecule has 1 rings (SSSR count). The van der Waals surface area contributed by atoms with E-state index in [4.69, 9.17) is 15.2 Å². The summed E-state index contributed by atoms with van der Waals surface area (Å²) in [5, 5.41) is 0. The molecule has 1 atom stereocenters. The average molecular weight is 303 g/mol. The molecular formula is C12H19BrN2O2. The number of aromatic nitrogens is 1. The highest BCUT2D eigenvalue weighted by Gasteiger charge is 2.09. The average Bonchev–Trinajstić information content (AvgIpc) is 2.26.